The standard InChI is InChI=1S/C21H22ClNO5/c1-13(2)19(14-4-8-16(22)9-5-14)21(26)28-12-18(24)23-17-10-6-15(7-11-17)20(25)27-3/h4-11,13,19H,12H2,1-3H3,(H,23,24)/t19-/m0/s1. The number of anilines is 1. The van der Waals surface area contributed by atoms with Crippen LogP contribution in [0.15, 0.2) is 48.5 Å². The molecular weight excluding hydrogens is 382 g/mol. The fourth-order valence-corrected chi connectivity index (χ4v) is 2.82. The molecule has 0 aliphatic rings. The van der Waals surface area contributed by atoms with Crippen LogP contribution >= 0.6 is 11.6 Å². The Morgan fingerprint density at radius 3 is 2.14 bits per heavy atom. The lowest BCUT2D eigenvalue weighted by atomic mass is 9.88. The predicted octanol–water partition coefficient (Wildman–Crippen LogP) is 4.05. The number of hydrogen-bond donors (Lipinski definition) is 1. The average molecular weight is 404 g/mol. The monoisotopic (exact) mass is 403 g/mol. The molecule has 1 amide bonds. The topological polar surface area (TPSA) is 81.7 Å². The van der Waals surface area contributed by atoms with E-state index in [1.54, 1.807) is 36.4 Å². The van der Waals surface area contributed by atoms with Crippen molar-refractivity contribution in [3.63, 3.8) is 0 Å². The van der Waals surface area contributed by atoms with Crippen LogP contribution in [0.4, 0.5) is 5.69 Å². The zero-order valence-corrected chi connectivity index (χ0v) is 16.7. The Balaban J connectivity index is 1.94. The Morgan fingerprint density at radius 1 is 1.00 bits per heavy atom. The number of carbonyl (C=O) groups excluding carboxylic acids is 3. The van der Waals surface area contributed by atoms with Gasteiger partial charge in [0.15, 0.2) is 6.61 Å². The van der Waals surface area contributed by atoms with Crippen molar-refractivity contribution >= 4 is 35.1 Å². The highest BCUT2D eigenvalue weighted by Crippen LogP contribution is 2.27. The van der Waals surface area contributed by atoms with Gasteiger partial charge >= 0.3 is 11.9 Å². The second-order valence-corrected chi connectivity index (χ2v) is 6.93. The van der Waals surface area contributed by atoms with Crippen molar-refractivity contribution in [3.05, 3.63) is 64.7 Å². The quantitative estimate of drug-likeness (QED) is 0.705. The highest BCUT2D eigenvalue weighted by molar-refractivity contribution is 6.30. The minimum absolute atomic E-state index is 0.0115. The molecule has 0 radical (unpaired) electrons. The summed E-state index contributed by atoms with van der Waals surface area (Å²) in [5, 5.41) is 3.19. The molecule has 0 spiro atoms. The minimum atomic E-state index is -0.496. The molecule has 0 saturated heterocycles. The van der Waals surface area contributed by atoms with Gasteiger partial charge in [0.2, 0.25) is 0 Å². The maximum absolute atomic E-state index is 12.5. The van der Waals surface area contributed by atoms with E-state index in [0.717, 1.165) is 5.56 Å². The molecule has 0 aliphatic carbocycles. The Kier molecular flexibility index (Phi) is 7.58. The lowest BCUT2D eigenvalue weighted by Gasteiger charge is -2.20. The predicted molar refractivity (Wildman–Crippen MR) is 106 cm³/mol. The van der Waals surface area contributed by atoms with E-state index in [1.165, 1.54) is 19.2 Å². The molecule has 148 valence electrons. The SMILES string of the molecule is COC(=O)c1ccc(NC(=O)COC(=O)[C@H](c2ccc(Cl)cc2)C(C)C)cc1. The van der Waals surface area contributed by atoms with E-state index in [0.29, 0.717) is 16.3 Å². The molecular formula is C21H22ClNO5. The van der Waals surface area contributed by atoms with Gasteiger partial charge in [0.25, 0.3) is 5.91 Å². The van der Waals surface area contributed by atoms with Crippen molar-refractivity contribution in [1.29, 1.82) is 0 Å². The van der Waals surface area contributed by atoms with E-state index in [-0.39, 0.29) is 5.92 Å². The zero-order valence-electron chi connectivity index (χ0n) is 15.9. The van der Waals surface area contributed by atoms with E-state index < -0.39 is 30.4 Å². The first-order valence-electron chi connectivity index (χ1n) is 8.72. The van der Waals surface area contributed by atoms with Gasteiger partial charge in [-0.05, 0) is 47.9 Å². The summed E-state index contributed by atoms with van der Waals surface area (Å²) in [6, 6.07) is 13.2. The Morgan fingerprint density at radius 2 is 1.61 bits per heavy atom. The molecule has 0 unspecified atom stereocenters. The molecule has 0 aromatic heterocycles. The molecule has 2 aromatic rings. The van der Waals surface area contributed by atoms with Crippen molar-refractivity contribution in [2.75, 3.05) is 19.0 Å². The number of amides is 1. The smallest absolute Gasteiger partial charge is 0.337 e. The van der Waals surface area contributed by atoms with Crippen molar-refractivity contribution in [2.45, 2.75) is 19.8 Å². The molecule has 1 atom stereocenters. The first kappa shape index (κ1) is 21.4. The van der Waals surface area contributed by atoms with Crippen molar-refractivity contribution in [2.24, 2.45) is 5.92 Å². The van der Waals surface area contributed by atoms with Crippen LogP contribution in [0.5, 0.6) is 0 Å². The van der Waals surface area contributed by atoms with Crippen LogP contribution < -0.4 is 5.32 Å². The van der Waals surface area contributed by atoms with Gasteiger partial charge < -0.3 is 14.8 Å². The maximum Gasteiger partial charge on any atom is 0.337 e. The van der Waals surface area contributed by atoms with Crippen LogP contribution in [0, 0.1) is 5.92 Å². The zero-order chi connectivity index (χ0) is 20.7. The first-order chi connectivity index (χ1) is 13.3. The molecule has 7 heteroatoms. The summed E-state index contributed by atoms with van der Waals surface area (Å²) in [5.74, 6) is -1.92. The van der Waals surface area contributed by atoms with Crippen LogP contribution in [0.3, 0.4) is 0 Å². The summed E-state index contributed by atoms with van der Waals surface area (Å²) in [5.41, 5.74) is 1.63. The molecule has 28 heavy (non-hydrogen) atoms. The van der Waals surface area contributed by atoms with E-state index in [9.17, 15) is 14.4 Å². The fraction of sp³-hybridized carbons (Fsp3) is 0.286. The number of nitrogens with one attached hydrogen (secondary N) is 1. The summed E-state index contributed by atoms with van der Waals surface area (Å²) in [6.45, 7) is 3.40. The molecule has 1 N–H and O–H groups in total. The summed E-state index contributed by atoms with van der Waals surface area (Å²) in [6.07, 6.45) is 0. The Hall–Kier alpha value is -2.86. The van der Waals surface area contributed by atoms with E-state index in [4.69, 9.17) is 16.3 Å². The van der Waals surface area contributed by atoms with Crippen molar-refractivity contribution in [1.82, 2.24) is 0 Å². The van der Waals surface area contributed by atoms with Crippen molar-refractivity contribution < 1.29 is 23.9 Å². The number of methoxy groups -OCH3 is 1. The van der Waals surface area contributed by atoms with Gasteiger partial charge in [0.1, 0.15) is 0 Å². The normalized spacial score (nSPS) is 11.6. The van der Waals surface area contributed by atoms with Crippen LogP contribution in [0.2, 0.25) is 5.02 Å². The molecule has 6 nitrogen and oxygen atoms in total. The number of ether oxygens (including phenoxy) is 2. The third kappa shape index (κ3) is 5.82. The van der Waals surface area contributed by atoms with Gasteiger partial charge in [-0.3, -0.25) is 9.59 Å². The summed E-state index contributed by atoms with van der Waals surface area (Å²) >= 11 is 5.90. The third-order valence-electron chi connectivity index (χ3n) is 4.08. The lowest BCUT2D eigenvalue weighted by molar-refractivity contribution is -0.149. The molecule has 0 heterocycles. The van der Waals surface area contributed by atoms with Gasteiger partial charge in [-0.15, -0.1) is 0 Å². The van der Waals surface area contributed by atoms with E-state index in [1.807, 2.05) is 13.8 Å². The second-order valence-electron chi connectivity index (χ2n) is 6.50. The fourth-order valence-electron chi connectivity index (χ4n) is 2.69. The summed E-state index contributed by atoms with van der Waals surface area (Å²) in [7, 11) is 1.29. The van der Waals surface area contributed by atoms with E-state index in [2.05, 4.69) is 10.1 Å². The highest BCUT2D eigenvalue weighted by atomic mass is 35.5. The van der Waals surface area contributed by atoms with Crippen LogP contribution in [-0.2, 0) is 19.1 Å². The third-order valence-corrected chi connectivity index (χ3v) is 4.34. The number of rotatable bonds is 7. The Bertz CT molecular complexity index is 831. The van der Waals surface area contributed by atoms with Gasteiger partial charge in [-0.25, -0.2) is 4.79 Å². The highest BCUT2D eigenvalue weighted by Gasteiger charge is 2.26. The van der Waals surface area contributed by atoms with Crippen LogP contribution in [-0.4, -0.2) is 31.6 Å². The average Bonchev–Trinajstić information content (AvgIpc) is 2.68. The number of hydrogen-bond acceptors (Lipinski definition) is 5. The number of benzene rings is 2. The molecule has 0 bridgehead atoms. The minimum Gasteiger partial charge on any atom is -0.465 e. The van der Waals surface area contributed by atoms with Gasteiger partial charge in [-0.2, -0.15) is 0 Å². The van der Waals surface area contributed by atoms with Crippen LogP contribution in [0.1, 0.15) is 35.7 Å². The number of carbonyl (C=O) groups is 3. The van der Waals surface area contributed by atoms with E-state index >= 15 is 0 Å². The maximum atomic E-state index is 12.5. The van der Waals surface area contributed by atoms with Gasteiger partial charge in [-0.1, -0.05) is 37.6 Å². The lowest BCUT2D eigenvalue weighted by Crippen LogP contribution is -2.26. The van der Waals surface area contributed by atoms with Crippen molar-refractivity contribution in [3.8, 4) is 0 Å². The molecule has 0 saturated carbocycles. The first-order valence-corrected chi connectivity index (χ1v) is 9.10. The molecule has 0 fully saturated rings. The molecule has 0 aliphatic heterocycles. The molecule has 2 rings (SSSR count). The number of halogens is 1. The van der Waals surface area contributed by atoms with Gasteiger partial charge in [0.05, 0.1) is 18.6 Å². The molecule has 2 aromatic carbocycles. The summed E-state index contributed by atoms with van der Waals surface area (Å²) < 4.78 is 9.82. The second kappa shape index (κ2) is 9.90. The van der Waals surface area contributed by atoms with Crippen LogP contribution in [0.25, 0.3) is 0 Å². The van der Waals surface area contributed by atoms with Gasteiger partial charge in [0, 0.05) is 10.7 Å². The summed E-state index contributed by atoms with van der Waals surface area (Å²) in [4.78, 5) is 36.0. The Labute approximate surface area is 168 Å². The number of esters is 2. The largest absolute Gasteiger partial charge is 0.465 e.